The normalized spacial score (nSPS) is 14.7. The summed E-state index contributed by atoms with van der Waals surface area (Å²) in [4.78, 5) is 13.4. The third-order valence-corrected chi connectivity index (χ3v) is 3.36. The van der Waals surface area contributed by atoms with Crippen molar-refractivity contribution in [3.05, 3.63) is 28.8 Å². The maximum absolute atomic E-state index is 11.1. The van der Waals surface area contributed by atoms with Gasteiger partial charge in [0.15, 0.2) is 6.29 Å². The predicted octanol–water partition coefficient (Wildman–Crippen LogP) is 3.78. The Kier molecular flexibility index (Phi) is 4.06. The third kappa shape index (κ3) is 3.22. The Labute approximate surface area is 108 Å². The molecule has 0 bridgehead atoms. The van der Waals surface area contributed by atoms with Gasteiger partial charge in [0, 0.05) is 29.4 Å². The third-order valence-electron chi connectivity index (χ3n) is 3.13. The number of benzene rings is 1. The molecule has 0 heterocycles. The Balaban J connectivity index is 2.25. The van der Waals surface area contributed by atoms with Crippen molar-refractivity contribution >= 4 is 23.6 Å². The Morgan fingerprint density at radius 2 is 2.24 bits per heavy atom. The molecule has 1 saturated carbocycles. The topological polar surface area (TPSA) is 20.3 Å². The molecule has 0 aliphatic heterocycles. The van der Waals surface area contributed by atoms with E-state index in [1.807, 2.05) is 6.07 Å². The highest BCUT2D eigenvalue weighted by molar-refractivity contribution is 6.31. The molecular formula is C14H18ClNO. The molecule has 2 nitrogen and oxygen atoms in total. The van der Waals surface area contributed by atoms with E-state index < -0.39 is 0 Å². The number of nitrogens with zero attached hydrogens (tertiary/aromatic N) is 1. The molecule has 0 spiro atoms. The predicted molar refractivity (Wildman–Crippen MR) is 72.1 cm³/mol. The zero-order chi connectivity index (χ0) is 12.3. The number of hydrogen-bond donors (Lipinski definition) is 0. The quantitative estimate of drug-likeness (QED) is 0.717. The molecule has 0 unspecified atom stereocenters. The van der Waals surface area contributed by atoms with Crippen LogP contribution >= 0.6 is 11.6 Å². The summed E-state index contributed by atoms with van der Waals surface area (Å²) < 4.78 is 0. The van der Waals surface area contributed by atoms with Crippen LogP contribution in [0.5, 0.6) is 0 Å². The molecule has 0 radical (unpaired) electrons. The van der Waals surface area contributed by atoms with E-state index in [2.05, 4.69) is 11.8 Å². The maximum atomic E-state index is 11.1. The molecule has 1 aliphatic rings. The second-order valence-corrected chi connectivity index (χ2v) is 5.15. The summed E-state index contributed by atoms with van der Waals surface area (Å²) in [6, 6.07) is 5.49. The lowest BCUT2D eigenvalue weighted by molar-refractivity contribution is 0.112. The van der Waals surface area contributed by atoms with Crippen molar-refractivity contribution in [3.8, 4) is 0 Å². The fraction of sp³-hybridized carbons (Fsp3) is 0.500. The lowest BCUT2D eigenvalue weighted by Crippen LogP contribution is -2.27. The number of halogens is 1. The van der Waals surface area contributed by atoms with E-state index in [1.165, 1.54) is 12.8 Å². The Morgan fingerprint density at radius 3 is 2.82 bits per heavy atom. The Hall–Kier alpha value is -1.02. The van der Waals surface area contributed by atoms with Gasteiger partial charge in [-0.05, 0) is 43.4 Å². The van der Waals surface area contributed by atoms with Crippen LogP contribution in [0.15, 0.2) is 18.2 Å². The van der Waals surface area contributed by atoms with Crippen molar-refractivity contribution in [1.29, 1.82) is 0 Å². The van der Waals surface area contributed by atoms with Gasteiger partial charge in [0.25, 0.3) is 0 Å². The first-order valence-corrected chi connectivity index (χ1v) is 6.62. The largest absolute Gasteiger partial charge is 0.371 e. The first-order valence-electron chi connectivity index (χ1n) is 6.24. The molecule has 1 aliphatic carbocycles. The van der Waals surface area contributed by atoms with Gasteiger partial charge in [0.05, 0.1) is 0 Å². The first kappa shape index (κ1) is 12.4. The summed E-state index contributed by atoms with van der Waals surface area (Å²) in [5.74, 6) is 0.806. The van der Waals surface area contributed by atoms with E-state index in [1.54, 1.807) is 12.1 Å². The second kappa shape index (κ2) is 5.54. The summed E-state index contributed by atoms with van der Waals surface area (Å²) in [6.07, 6.45) is 4.63. The van der Waals surface area contributed by atoms with Crippen molar-refractivity contribution in [2.45, 2.75) is 26.2 Å². The molecule has 0 N–H and O–H groups in total. The fourth-order valence-corrected chi connectivity index (χ4v) is 2.25. The van der Waals surface area contributed by atoms with E-state index >= 15 is 0 Å². The van der Waals surface area contributed by atoms with E-state index in [0.717, 1.165) is 43.0 Å². The van der Waals surface area contributed by atoms with Gasteiger partial charge in [-0.15, -0.1) is 0 Å². The van der Waals surface area contributed by atoms with Crippen molar-refractivity contribution in [2.24, 2.45) is 5.92 Å². The highest BCUT2D eigenvalue weighted by Crippen LogP contribution is 2.33. The second-order valence-electron chi connectivity index (χ2n) is 4.71. The molecular weight excluding hydrogens is 234 g/mol. The number of rotatable bonds is 6. The van der Waals surface area contributed by atoms with Gasteiger partial charge < -0.3 is 4.90 Å². The molecule has 1 aromatic carbocycles. The summed E-state index contributed by atoms with van der Waals surface area (Å²) in [7, 11) is 0. The zero-order valence-corrected chi connectivity index (χ0v) is 10.9. The van der Waals surface area contributed by atoms with Gasteiger partial charge in [-0.1, -0.05) is 18.5 Å². The van der Waals surface area contributed by atoms with Crippen LogP contribution in [-0.2, 0) is 0 Å². The highest BCUT2D eigenvalue weighted by atomic mass is 35.5. The van der Waals surface area contributed by atoms with Crippen molar-refractivity contribution in [2.75, 3.05) is 18.0 Å². The van der Waals surface area contributed by atoms with Gasteiger partial charge >= 0.3 is 0 Å². The van der Waals surface area contributed by atoms with Gasteiger partial charge in [0.1, 0.15) is 0 Å². The van der Waals surface area contributed by atoms with Crippen LogP contribution in [0, 0.1) is 5.92 Å². The zero-order valence-electron chi connectivity index (χ0n) is 10.2. The minimum atomic E-state index is 0.697. The molecule has 17 heavy (non-hydrogen) atoms. The average Bonchev–Trinajstić information content (AvgIpc) is 3.12. The molecule has 1 fully saturated rings. The lowest BCUT2D eigenvalue weighted by atomic mass is 10.1. The molecule has 2 rings (SSSR count). The monoisotopic (exact) mass is 251 g/mol. The molecule has 0 aromatic heterocycles. The van der Waals surface area contributed by atoms with Gasteiger partial charge in [-0.2, -0.15) is 0 Å². The summed E-state index contributed by atoms with van der Waals surface area (Å²) in [5, 5.41) is 0.697. The van der Waals surface area contributed by atoms with Crippen LogP contribution in [-0.4, -0.2) is 19.4 Å². The minimum absolute atomic E-state index is 0.697. The standard InChI is InChI=1S/C14H18ClNO/c1-2-7-16(9-11-3-4-11)14-8-13(15)6-5-12(14)10-17/h5-6,8,10-11H,2-4,7,9H2,1H3. The number of carbonyl (C=O) groups is 1. The van der Waals surface area contributed by atoms with Crippen LogP contribution in [0.3, 0.4) is 0 Å². The molecule has 0 saturated heterocycles. The highest BCUT2D eigenvalue weighted by Gasteiger charge is 2.25. The number of aldehydes is 1. The van der Waals surface area contributed by atoms with Crippen molar-refractivity contribution in [3.63, 3.8) is 0 Å². The lowest BCUT2D eigenvalue weighted by Gasteiger charge is -2.25. The summed E-state index contributed by atoms with van der Waals surface area (Å²) in [5.41, 5.74) is 1.73. The van der Waals surface area contributed by atoms with E-state index in [0.29, 0.717) is 5.02 Å². The van der Waals surface area contributed by atoms with Crippen molar-refractivity contribution < 1.29 is 4.79 Å². The molecule has 1 aromatic rings. The van der Waals surface area contributed by atoms with Crippen LogP contribution in [0.2, 0.25) is 5.02 Å². The fourth-order valence-electron chi connectivity index (χ4n) is 2.08. The Morgan fingerprint density at radius 1 is 1.47 bits per heavy atom. The van der Waals surface area contributed by atoms with E-state index in [-0.39, 0.29) is 0 Å². The summed E-state index contributed by atoms with van der Waals surface area (Å²) >= 11 is 6.03. The molecule has 3 heteroatoms. The number of anilines is 1. The first-order chi connectivity index (χ1) is 8.24. The van der Waals surface area contributed by atoms with E-state index in [4.69, 9.17) is 11.6 Å². The average molecular weight is 252 g/mol. The van der Waals surface area contributed by atoms with Crippen LogP contribution in [0.1, 0.15) is 36.5 Å². The number of hydrogen-bond acceptors (Lipinski definition) is 2. The Bertz CT molecular complexity index is 401. The molecule has 0 atom stereocenters. The van der Waals surface area contributed by atoms with Crippen LogP contribution < -0.4 is 4.90 Å². The smallest absolute Gasteiger partial charge is 0.152 e. The number of carbonyl (C=O) groups excluding carboxylic acids is 1. The van der Waals surface area contributed by atoms with Gasteiger partial charge in [-0.25, -0.2) is 0 Å². The van der Waals surface area contributed by atoms with Crippen LogP contribution in [0.25, 0.3) is 0 Å². The SMILES string of the molecule is CCCN(CC1CC1)c1cc(Cl)ccc1C=O. The van der Waals surface area contributed by atoms with Crippen molar-refractivity contribution in [1.82, 2.24) is 0 Å². The summed E-state index contributed by atoms with van der Waals surface area (Å²) in [6.45, 7) is 4.19. The van der Waals surface area contributed by atoms with Gasteiger partial charge in [-0.3, -0.25) is 4.79 Å². The van der Waals surface area contributed by atoms with Crippen LogP contribution in [0.4, 0.5) is 5.69 Å². The van der Waals surface area contributed by atoms with E-state index in [9.17, 15) is 4.79 Å². The maximum Gasteiger partial charge on any atom is 0.152 e. The van der Waals surface area contributed by atoms with Gasteiger partial charge in [0.2, 0.25) is 0 Å². The molecule has 0 amide bonds. The molecule has 92 valence electrons. The minimum Gasteiger partial charge on any atom is -0.371 e.